The van der Waals surface area contributed by atoms with E-state index in [9.17, 15) is 18.0 Å². The number of carbonyl (C=O) groups is 1. The number of sulfonamides is 1. The standard InChI is InChI=1S/C21H25N5O6S/c1-4-26-20(28)15-7-5-6-8-16(15)23-21(26)25-24-19(27)11-12-22-33(29,30)14-9-10-17(31-2)18(13-14)32-3/h5-10,13,22H,4,11-12H2,1-3H3,(H,23,25)(H,24,27). The van der Waals surface area contributed by atoms with E-state index >= 15 is 0 Å². The van der Waals surface area contributed by atoms with Crippen molar-refractivity contribution >= 4 is 32.8 Å². The molecule has 0 bridgehead atoms. The maximum atomic E-state index is 12.6. The molecule has 0 saturated carbocycles. The Labute approximate surface area is 190 Å². The van der Waals surface area contributed by atoms with E-state index in [1.165, 1.54) is 37.0 Å². The minimum absolute atomic E-state index is 0.0222. The van der Waals surface area contributed by atoms with Gasteiger partial charge in [-0.05, 0) is 31.2 Å². The Morgan fingerprint density at radius 1 is 1.09 bits per heavy atom. The number of anilines is 1. The second kappa shape index (κ2) is 10.3. The highest BCUT2D eigenvalue weighted by Crippen LogP contribution is 2.29. The topological polar surface area (TPSA) is 141 Å². The SMILES string of the molecule is CCn1c(NNC(=O)CCNS(=O)(=O)c2ccc(OC)c(OC)c2)nc2ccccc2c1=O. The summed E-state index contributed by atoms with van der Waals surface area (Å²) in [6, 6.07) is 11.1. The molecular formula is C21H25N5O6S. The average molecular weight is 476 g/mol. The van der Waals surface area contributed by atoms with E-state index in [0.717, 1.165) is 0 Å². The highest BCUT2D eigenvalue weighted by molar-refractivity contribution is 7.89. The zero-order valence-electron chi connectivity index (χ0n) is 18.4. The Bertz CT molecular complexity index is 1320. The van der Waals surface area contributed by atoms with Crippen molar-refractivity contribution in [2.24, 2.45) is 0 Å². The Morgan fingerprint density at radius 3 is 2.52 bits per heavy atom. The lowest BCUT2D eigenvalue weighted by Gasteiger charge is -2.14. The number of hydrogen-bond acceptors (Lipinski definition) is 8. The molecule has 0 fully saturated rings. The van der Waals surface area contributed by atoms with Crippen LogP contribution in [0.2, 0.25) is 0 Å². The van der Waals surface area contributed by atoms with Gasteiger partial charge in [-0.15, -0.1) is 0 Å². The molecule has 0 atom stereocenters. The van der Waals surface area contributed by atoms with Crippen LogP contribution in [0.4, 0.5) is 5.95 Å². The smallest absolute Gasteiger partial charge is 0.262 e. The maximum Gasteiger partial charge on any atom is 0.262 e. The average Bonchev–Trinajstić information content (AvgIpc) is 2.82. The number of ether oxygens (including phenoxy) is 2. The summed E-state index contributed by atoms with van der Waals surface area (Å²) in [6.07, 6.45) is -0.149. The summed E-state index contributed by atoms with van der Waals surface area (Å²) < 4.78 is 39.0. The van der Waals surface area contributed by atoms with Crippen LogP contribution in [0, 0.1) is 0 Å². The van der Waals surface area contributed by atoms with Crippen LogP contribution in [0.1, 0.15) is 13.3 Å². The van der Waals surface area contributed by atoms with E-state index in [0.29, 0.717) is 23.2 Å². The van der Waals surface area contributed by atoms with Crippen molar-refractivity contribution in [1.29, 1.82) is 0 Å². The molecule has 1 amide bonds. The third kappa shape index (κ3) is 5.41. The number of rotatable bonds is 10. The summed E-state index contributed by atoms with van der Waals surface area (Å²) in [6.45, 7) is 1.99. The summed E-state index contributed by atoms with van der Waals surface area (Å²) in [7, 11) is -1.01. The first-order chi connectivity index (χ1) is 15.8. The molecular weight excluding hydrogens is 450 g/mol. The lowest BCUT2D eigenvalue weighted by atomic mass is 10.2. The van der Waals surface area contributed by atoms with E-state index in [1.54, 1.807) is 31.2 Å². The second-order valence-corrected chi connectivity index (χ2v) is 8.61. The minimum atomic E-state index is -3.86. The molecule has 3 N–H and O–H groups in total. The quantitative estimate of drug-likeness (QED) is 0.372. The zero-order valence-corrected chi connectivity index (χ0v) is 19.2. The molecule has 0 unspecified atom stereocenters. The fraction of sp³-hybridized carbons (Fsp3) is 0.286. The van der Waals surface area contributed by atoms with Gasteiger partial charge in [-0.2, -0.15) is 0 Å². The predicted octanol–water partition coefficient (Wildman–Crippen LogP) is 1.25. The van der Waals surface area contributed by atoms with E-state index in [2.05, 4.69) is 20.6 Å². The summed E-state index contributed by atoms with van der Waals surface area (Å²) in [4.78, 5) is 29.2. The van der Waals surface area contributed by atoms with Gasteiger partial charge in [0.05, 0.1) is 30.0 Å². The van der Waals surface area contributed by atoms with E-state index in [4.69, 9.17) is 9.47 Å². The van der Waals surface area contributed by atoms with Crippen molar-refractivity contribution in [3.63, 3.8) is 0 Å². The van der Waals surface area contributed by atoms with Crippen LogP contribution in [0.15, 0.2) is 52.2 Å². The summed E-state index contributed by atoms with van der Waals surface area (Å²) in [5.74, 6) is 0.359. The predicted molar refractivity (Wildman–Crippen MR) is 123 cm³/mol. The van der Waals surface area contributed by atoms with Crippen molar-refractivity contribution in [2.45, 2.75) is 24.8 Å². The van der Waals surface area contributed by atoms with Crippen molar-refractivity contribution < 1.29 is 22.7 Å². The maximum absolute atomic E-state index is 12.6. The number of nitrogens with zero attached hydrogens (tertiary/aromatic N) is 2. The first-order valence-corrected chi connectivity index (χ1v) is 11.5. The number of para-hydroxylation sites is 1. The molecule has 2 aromatic carbocycles. The van der Waals surface area contributed by atoms with Gasteiger partial charge >= 0.3 is 0 Å². The number of methoxy groups -OCH3 is 2. The minimum Gasteiger partial charge on any atom is -0.493 e. The molecule has 0 radical (unpaired) electrons. The van der Waals surface area contributed by atoms with Gasteiger partial charge < -0.3 is 9.47 Å². The van der Waals surface area contributed by atoms with Crippen LogP contribution < -0.4 is 30.6 Å². The van der Waals surface area contributed by atoms with Crippen LogP contribution in [0.3, 0.4) is 0 Å². The van der Waals surface area contributed by atoms with Gasteiger partial charge in [0.2, 0.25) is 21.9 Å². The molecule has 0 spiro atoms. The van der Waals surface area contributed by atoms with Gasteiger partial charge in [0.15, 0.2) is 11.5 Å². The van der Waals surface area contributed by atoms with Gasteiger partial charge in [0.25, 0.3) is 5.56 Å². The monoisotopic (exact) mass is 475 g/mol. The lowest BCUT2D eigenvalue weighted by Crippen LogP contribution is -2.36. The van der Waals surface area contributed by atoms with Crippen molar-refractivity contribution in [3.05, 3.63) is 52.8 Å². The second-order valence-electron chi connectivity index (χ2n) is 6.84. The molecule has 0 aliphatic carbocycles. The zero-order chi connectivity index (χ0) is 24.0. The number of benzene rings is 2. The lowest BCUT2D eigenvalue weighted by molar-refractivity contribution is -0.120. The molecule has 0 saturated heterocycles. The molecule has 12 heteroatoms. The largest absolute Gasteiger partial charge is 0.493 e. The molecule has 0 aliphatic rings. The normalized spacial score (nSPS) is 11.2. The van der Waals surface area contributed by atoms with E-state index in [1.807, 2.05) is 0 Å². The van der Waals surface area contributed by atoms with E-state index in [-0.39, 0.29) is 35.1 Å². The van der Waals surface area contributed by atoms with Gasteiger partial charge in [-0.3, -0.25) is 25.0 Å². The highest BCUT2D eigenvalue weighted by Gasteiger charge is 2.17. The van der Waals surface area contributed by atoms with Crippen LogP contribution in [-0.2, 0) is 21.4 Å². The first kappa shape index (κ1) is 24.0. The van der Waals surface area contributed by atoms with Crippen LogP contribution >= 0.6 is 0 Å². The Morgan fingerprint density at radius 2 is 1.82 bits per heavy atom. The fourth-order valence-electron chi connectivity index (χ4n) is 3.11. The van der Waals surface area contributed by atoms with Gasteiger partial charge in [-0.1, -0.05) is 12.1 Å². The van der Waals surface area contributed by atoms with Crippen molar-refractivity contribution in [2.75, 3.05) is 26.2 Å². The van der Waals surface area contributed by atoms with Crippen molar-refractivity contribution in [3.8, 4) is 11.5 Å². The molecule has 33 heavy (non-hydrogen) atoms. The highest BCUT2D eigenvalue weighted by atomic mass is 32.2. The molecule has 3 aromatic rings. The van der Waals surface area contributed by atoms with Gasteiger partial charge in [-0.25, -0.2) is 18.1 Å². The number of carbonyl (C=O) groups excluding carboxylic acids is 1. The van der Waals surface area contributed by atoms with Crippen LogP contribution in [-0.4, -0.2) is 44.6 Å². The Hall–Kier alpha value is -3.64. The summed E-state index contributed by atoms with van der Waals surface area (Å²) >= 11 is 0. The van der Waals surface area contributed by atoms with Crippen LogP contribution in [0.25, 0.3) is 10.9 Å². The fourth-order valence-corrected chi connectivity index (χ4v) is 4.16. The number of hydrogen-bond donors (Lipinski definition) is 3. The number of amides is 1. The van der Waals surface area contributed by atoms with Crippen LogP contribution in [0.5, 0.6) is 11.5 Å². The number of nitrogens with one attached hydrogen (secondary N) is 3. The van der Waals surface area contributed by atoms with E-state index < -0.39 is 15.9 Å². The number of fused-ring (bicyclic) bond motifs is 1. The van der Waals surface area contributed by atoms with Gasteiger partial charge in [0.1, 0.15) is 0 Å². The van der Waals surface area contributed by atoms with Gasteiger partial charge in [0, 0.05) is 25.6 Å². The first-order valence-electron chi connectivity index (χ1n) is 10.1. The third-order valence-corrected chi connectivity index (χ3v) is 6.26. The van der Waals surface area contributed by atoms with Crippen molar-refractivity contribution in [1.82, 2.24) is 19.7 Å². The number of aromatic nitrogens is 2. The summed E-state index contributed by atoms with van der Waals surface area (Å²) in [5, 5.41) is 0.473. The molecule has 3 rings (SSSR count). The summed E-state index contributed by atoms with van der Waals surface area (Å²) in [5.41, 5.74) is 5.35. The molecule has 1 heterocycles. The molecule has 176 valence electrons. The molecule has 0 aliphatic heterocycles. The number of hydrazine groups is 1. The molecule has 11 nitrogen and oxygen atoms in total. The third-order valence-electron chi connectivity index (χ3n) is 4.80. The Kier molecular flexibility index (Phi) is 7.51. The molecule has 1 aromatic heterocycles. The Balaban J connectivity index is 1.61.